The molecule has 0 saturated heterocycles. The molecule has 1 aliphatic rings. The van der Waals surface area contributed by atoms with Gasteiger partial charge in [0.1, 0.15) is 35.0 Å². The molecule has 0 bridgehead atoms. The van der Waals surface area contributed by atoms with Gasteiger partial charge in [-0.15, -0.1) is 0 Å². The van der Waals surface area contributed by atoms with Crippen LogP contribution in [0.2, 0.25) is 5.02 Å². The van der Waals surface area contributed by atoms with E-state index < -0.39 is 12.1 Å². The van der Waals surface area contributed by atoms with Crippen LogP contribution < -0.4 is 15.8 Å². The summed E-state index contributed by atoms with van der Waals surface area (Å²) in [5.41, 5.74) is 6.04. The van der Waals surface area contributed by atoms with Crippen molar-refractivity contribution in [3.63, 3.8) is 0 Å². The third kappa shape index (κ3) is 6.78. The molecule has 1 aliphatic carbocycles. The van der Waals surface area contributed by atoms with Crippen LogP contribution in [0.1, 0.15) is 12.8 Å². The Hall–Kier alpha value is -2.22. The molecule has 2 rings (SSSR count). The zero-order valence-electron chi connectivity index (χ0n) is 14.5. The van der Waals surface area contributed by atoms with Gasteiger partial charge in [0.2, 0.25) is 0 Å². The van der Waals surface area contributed by atoms with Gasteiger partial charge in [0, 0.05) is 10.7 Å². The van der Waals surface area contributed by atoms with Gasteiger partial charge in [0.15, 0.2) is 0 Å². The Kier molecular flexibility index (Phi) is 7.53. The fourth-order valence-electron chi connectivity index (χ4n) is 2.07. The molecule has 5 N–H and O–H groups in total. The van der Waals surface area contributed by atoms with E-state index in [-0.39, 0.29) is 35.6 Å². The highest BCUT2D eigenvalue weighted by molar-refractivity contribution is 6.44. The zero-order chi connectivity index (χ0) is 20.0. The number of ether oxygens (including phenoxy) is 1. The number of benzene rings is 1. The third-order valence-electron chi connectivity index (χ3n) is 3.74. The standard InChI is InChI=1S/C18H21Cl2N3O4/c1-10(11-2-3-11)23-16(18(25)26)15(20)17(21)22-8-13(24)9-27-14-6-4-12(19)5-7-14/h4-7,11,13,23-24H,1-3,8-9H2,(H2,21,22)(H,25,26). The van der Waals surface area contributed by atoms with E-state index in [0.717, 1.165) is 12.8 Å². The molecule has 9 heteroatoms. The van der Waals surface area contributed by atoms with Crippen LogP contribution in [0.4, 0.5) is 0 Å². The van der Waals surface area contributed by atoms with Crippen molar-refractivity contribution < 1.29 is 19.7 Å². The van der Waals surface area contributed by atoms with Crippen molar-refractivity contribution in [2.75, 3.05) is 13.2 Å². The third-order valence-corrected chi connectivity index (χ3v) is 4.38. The Balaban J connectivity index is 1.93. The van der Waals surface area contributed by atoms with Crippen molar-refractivity contribution in [2.45, 2.75) is 18.9 Å². The van der Waals surface area contributed by atoms with E-state index in [1.54, 1.807) is 24.3 Å². The fraction of sp³-hybridized carbons (Fsp3) is 0.333. The maximum Gasteiger partial charge on any atom is 0.354 e. The Morgan fingerprint density at radius 2 is 2.04 bits per heavy atom. The van der Waals surface area contributed by atoms with Gasteiger partial charge in [0.25, 0.3) is 0 Å². The first kappa shape index (κ1) is 21.1. The number of nitrogens with zero attached hydrogens (tertiary/aromatic N) is 1. The summed E-state index contributed by atoms with van der Waals surface area (Å²) in [5.74, 6) is -0.680. The molecule has 1 fully saturated rings. The molecule has 1 aromatic rings. The second-order valence-electron chi connectivity index (χ2n) is 6.06. The first-order valence-electron chi connectivity index (χ1n) is 8.23. The van der Waals surface area contributed by atoms with Gasteiger partial charge in [-0.2, -0.15) is 0 Å². The van der Waals surface area contributed by atoms with E-state index in [9.17, 15) is 15.0 Å². The van der Waals surface area contributed by atoms with E-state index in [4.69, 9.17) is 33.7 Å². The molecule has 0 aliphatic heterocycles. The van der Waals surface area contributed by atoms with Gasteiger partial charge in [-0.1, -0.05) is 29.8 Å². The highest BCUT2D eigenvalue weighted by atomic mass is 35.5. The Morgan fingerprint density at radius 3 is 2.59 bits per heavy atom. The lowest BCUT2D eigenvalue weighted by Crippen LogP contribution is -2.27. The van der Waals surface area contributed by atoms with E-state index in [2.05, 4.69) is 16.9 Å². The number of allylic oxidation sites excluding steroid dienone is 1. The van der Waals surface area contributed by atoms with E-state index >= 15 is 0 Å². The lowest BCUT2D eigenvalue weighted by Gasteiger charge is -2.13. The molecule has 7 nitrogen and oxygen atoms in total. The largest absolute Gasteiger partial charge is 0.491 e. The van der Waals surface area contributed by atoms with E-state index in [1.807, 2.05) is 0 Å². The Labute approximate surface area is 167 Å². The van der Waals surface area contributed by atoms with E-state index in [1.165, 1.54) is 0 Å². The maximum atomic E-state index is 11.4. The normalized spacial score (nSPS) is 16.3. The first-order valence-corrected chi connectivity index (χ1v) is 8.99. The van der Waals surface area contributed by atoms with Gasteiger partial charge in [0.05, 0.1) is 6.54 Å². The maximum absolute atomic E-state index is 11.4. The number of aliphatic hydroxyl groups is 1. The van der Waals surface area contributed by atoms with Crippen LogP contribution in [0.15, 0.2) is 52.3 Å². The van der Waals surface area contributed by atoms with Gasteiger partial charge in [-0.3, -0.25) is 4.99 Å². The number of halogens is 2. The van der Waals surface area contributed by atoms with Crippen molar-refractivity contribution in [1.29, 1.82) is 0 Å². The number of aliphatic carboxylic acids is 1. The molecule has 0 amide bonds. The minimum absolute atomic E-state index is 0.0255. The van der Waals surface area contributed by atoms with E-state index in [0.29, 0.717) is 16.5 Å². The number of aliphatic imine (C=N–C) groups is 1. The lowest BCUT2D eigenvalue weighted by atomic mass is 10.3. The quantitative estimate of drug-likeness (QED) is 0.266. The number of hydrogen-bond acceptors (Lipinski definition) is 5. The second-order valence-corrected chi connectivity index (χ2v) is 6.88. The van der Waals surface area contributed by atoms with Crippen LogP contribution in [-0.2, 0) is 4.79 Å². The summed E-state index contributed by atoms with van der Waals surface area (Å²) in [6.45, 7) is 3.67. The summed E-state index contributed by atoms with van der Waals surface area (Å²) < 4.78 is 5.41. The molecule has 1 unspecified atom stereocenters. The molecule has 0 radical (unpaired) electrons. The Bertz CT molecular complexity index is 758. The molecule has 1 aromatic carbocycles. The van der Waals surface area contributed by atoms with Gasteiger partial charge in [-0.25, -0.2) is 4.79 Å². The average Bonchev–Trinajstić information content (AvgIpc) is 3.48. The predicted octanol–water partition coefficient (Wildman–Crippen LogP) is 2.49. The molecule has 1 atom stereocenters. The van der Waals surface area contributed by atoms with Crippen LogP contribution >= 0.6 is 23.2 Å². The topological polar surface area (TPSA) is 117 Å². The number of carboxylic acids is 1. The zero-order valence-corrected chi connectivity index (χ0v) is 16.0. The predicted molar refractivity (Wildman–Crippen MR) is 105 cm³/mol. The lowest BCUT2D eigenvalue weighted by molar-refractivity contribution is -0.133. The Morgan fingerprint density at radius 1 is 1.41 bits per heavy atom. The van der Waals surface area contributed by atoms with Gasteiger partial charge < -0.3 is 26.0 Å². The number of carbonyl (C=O) groups is 1. The summed E-state index contributed by atoms with van der Waals surface area (Å²) >= 11 is 11.8. The van der Waals surface area contributed by atoms with Crippen molar-refractivity contribution in [1.82, 2.24) is 5.32 Å². The summed E-state index contributed by atoms with van der Waals surface area (Å²) in [6.07, 6.45) is 0.964. The van der Waals surface area contributed by atoms with Crippen LogP contribution in [0.25, 0.3) is 0 Å². The van der Waals surface area contributed by atoms with Crippen molar-refractivity contribution in [3.8, 4) is 5.75 Å². The van der Waals surface area contributed by atoms with Gasteiger partial charge >= 0.3 is 5.97 Å². The molecule has 0 spiro atoms. The van der Waals surface area contributed by atoms with Crippen LogP contribution in [-0.4, -0.2) is 41.3 Å². The minimum Gasteiger partial charge on any atom is -0.491 e. The number of rotatable bonds is 10. The minimum atomic E-state index is -1.27. The number of aliphatic hydroxyl groups excluding tert-OH is 1. The number of nitrogens with one attached hydrogen (secondary N) is 1. The number of amidine groups is 1. The molecule has 1 saturated carbocycles. The molecule has 0 heterocycles. The molecule has 146 valence electrons. The number of hydrogen-bond donors (Lipinski definition) is 4. The average molecular weight is 414 g/mol. The van der Waals surface area contributed by atoms with Crippen LogP contribution in [0.5, 0.6) is 5.75 Å². The summed E-state index contributed by atoms with van der Waals surface area (Å²) in [6, 6.07) is 6.67. The number of carboxylic acid groups (broad SMARTS) is 1. The molecular formula is C18H21Cl2N3O4. The smallest absolute Gasteiger partial charge is 0.354 e. The summed E-state index contributed by atoms with van der Waals surface area (Å²) in [5, 5.41) is 22.3. The molecular weight excluding hydrogens is 393 g/mol. The number of nitrogens with two attached hydrogens (primary N) is 1. The fourth-order valence-corrected chi connectivity index (χ4v) is 2.39. The molecule has 0 aromatic heterocycles. The van der Waals surface area contributed by atoms with Crippen molar-refractivity contribution >= 4 is 35.0 Å². The van der Waals surface area contributed by atoms with Gasteiger partial charge in [-0.05, 0) is 43.0 Å². The van der Waals surface area contributed by atoms with Crippen molar-refractivity contribution in [2.24, 2.45) is 16.6 Å². The first-order chi connectivity index (χ1) is 12.8. The SMILES string of the molecule is C=C(NC(C(=O)O)=C(Cl)C(N)=NCC(O)COc1ccc(Cl)cc1)C1CC1. The highest BCUT2D eigenvalue weighted by Crippen LogP contribution is 2.34. The van der Waals surface area contributed by atoms with Crippen LogP contribution in [0.3, 0.4) is 0 Å². The monoisotopic (exact) mass is 413 g/mol. The molecule has 27 heavy (non-hydrogen) atoms. The summed E-state index contributed by atoms with van der Waals surface area (Å²) in [4.78, 5) is 15.4. The summed E-state index contributed by atoms with van der Waals surface area (Å²) in [7, 11) is 0. The van der Waals surface area contributed by atoms with Crippen molar-refractivity contribution in [3.05, 3.63) is 52.3 Å². The highest BCUT2D eigenvalue weighted by Gasteiger charge is 2.27. The van der Waals surface area contributed by atoms with Crippen LogP contribution in [0, 0.1) is 5.92 Å². The second kappa shape index (κ2) is 9.64.